The molecule has 19 heavy (non-hydrogen) atoms. The van der Waals surface area contributed by atoms with Crippen molar-refractivity contribution >= 4 is 5.69 Å². The highest BCUT2D eigenvalue weighted by atomic mass is 19.1. The van der Waals surface area contributed by atoms with Gasteiger partial charge < -0.3 is 10.2 Å². The average molecular weight is 266 g/mol. The van der Waals surface area contributed by atoms with Gasteiger partial charge in [0.1, 0.15) is 5.82 Å². The lowest BCUT2D eigenvalue weighted by molar-refractivity contribution is 0.258. The fourth-order valence-electron chi connectivity index (χ4n) is 2.46. The Morgan fingerprint density at radius 2 is 1.68 bits per heavy atom. The summed E-state index contributed by atoms with van der Waals surface area (Å²) in [4.78, 5) is 2.23. The van der Waals surface area contributed by atoms with Crippen LogP contribution in [0.25, 0.3) is 0 Å². The predicted molar refractivity (Wildman–Crippen MR) is 81.2 cm³/mol. The van der Waals surface area contributed by atoms with Crippen LogP contribution in [0, 0.1) is 11.2 Å². The van der Waals surface area contributed by atoms with Crippen LogP contribution in [0.4, 0.5) is 10.1 Å². The molecule has 0 radical (unpaired) electrons. The lowest BCUT2D eigenvalue weighted by Gasteiger charge is -2.37. The molecule has 0 fully saturated rings. The Labute approximate surface area is 117 Å². The summed E-state index contributed by atoms with van der Waals surface area (Å²) in [6.45, 7) is 9.65. The maximum Gasteiger partial charge on any atom is 0.123 e. The second-order valence-electron chi connectivity index (χ2n) is 5.32. The fraction of sp³-hybridized carbons (Fsp3) is 0.625. The molecule has 0 spiro atoms. The van der Waals surface area contributed by atoms with Crippen molar-refractivity contribution in [1.82, 2.24) is 5.32 Å². The largest absolute Gasteiger partial charge is 0.374 e. The summed E-state index contributed by atoms with van der Waals surface area (Å²) in [6.07, 6.45) is 2.28. The third kappa shape index (κ3) is 4.50. The zero-order chi connectivity index (χ0) is 14.3. The molecule has 0 aliphatic rings. The van der Waals surface area contributed by atoms with Crippen molar-refractivity contribution in [3.05, 3.63) is 30.1 Å². The molecule has 1 aromatic carbocycles. The minimum Gasteiger partial charge on any atom is -0.374 e. The van der Waals surface area contributed by atoms with E-state index in [9.17, 15) is 4.39 Å². The average Bonchev–Trinajstić information content (AvgIpc) is 2.44. The van der Waals surface area contributed by atoms with Crippen LogP contribution in [0.3, 0.4) is 0 Å². The van der Waals surface area contributed by atoms with E-state index in [1.807, 2.05) is 12.1 Å². The second kappa shape index (κ2) is 7.49. The van der Waals surface area contributed by atoms with E-state index in [1.54, 1.807) is 0 Å². The summed E-state index contributed by atoms with van der Waals surface area (Å²) >= 11 is 0. The molecular formula is C16H27FN2. The van der Waals surface area contributed by atoms with Gasteiger partial charge >= 0.3 is 0 Å². The van der Waals surface area contributed by atoms with Gasteiger partial charge in [-0.3, -0.25) is 0 Å². The Hall–Kier alpha value is -1.09. The van der Waals surface area contributed by atoms with Gasteiger partial charge in [-0.05, 0) is 49.1 Å². The third-order valence-corrected chi connectivity index (χ3v) is 4.09. The maximum absolute atomic E-state index is 13.0. The normalized spacial score (nSPS) is 11.6. The fourth-order valence-corrected chi connectivity index (χ4v) is 2.46. The number of benzene rings is 1. The topological polar surface area (TPSA) is 15.3 Å². The zero-order valence-corrected chi connectivity index (χ0v) is 12.7. The van der Waals surface area contributed by atoms with Crippen LogP contribution in [-0.2, 0) is 0 Å². The number of halogens is 1. The van der Waals surface area contributed by atoms with Gasteiger partial charge in [-0.15, -0.1) is 0 Å². The van der Waals surface area contributed by atoms with Crippen molar-refractivity contribution in [1.29, 1.82) is 0 Å². The molecule has 0 amide bonds. The molecule has 1 rings (SSSR count). The van der Waals surface area contributed by atoms with Crippen molar-refractivity contribution in [2.24, 2.45) is 5.41 Å². The van der Waals surface area contributed by atoms with Gasteiger partial charge in [0, 0.05) is 25.8 Å². The first kappa shape index (κ1) is 16.0. The Kier molecular flexibility index (Phi) is 6.29. The van der Waals surface area contributed by atoms with Gasteiger partial charge in [0.2, 0.25) is 0 Å². The molecule has 1 N–H and O–H groups in total. The van der Waals surface area contributed by atoms with Gasteiger partial charge in [-0.2, -0.15) is 0 Å². The lowest BCUT2D eigenvalue weighted by Crippen LogP contribution is -2.42. The predicted octanol–water partition coefficient (Wildman–Crippen LogP) is 3.68. The van der Waals surface area contributed by atoms with Crippen molar-refractivity contribution in [3.63, 3.8) is 0 Å². The summed E-state index contributed by atoms with van der Waals surface area (Å²) in [7, 11) is 2.08. The van der Waals surface area contributed by atoms with Crippen LogP contribution in [0.5, 0.6) is 0 Å². The summed E-state index contributed by atoms with van der Waals surface area (Å²) in [5, 5.41) is 3.47. The Morgan fingerprint density at radius 3 is 2.16 bits per heavy atom. The number of nitrogens with one attached hydrogen (secondary N) is 1. The van der Waals surface area contributed by atoms with Crippen molar-refractivity contribution < 1.29 is 4.39 Å². The minimum atomic E-state index is -0.179. The maximum atomic E-state index is 13.0. The van der Waals surface area contributed by atoms with E-state index in [2.05, 4.69) is 38.0 Å². The summed E-state index contributed by atoms with van der Waals surface area (Å²) in [5.74, 6) is -0.179. The van der Waals surface area contributed by atoms with Crippen LogP contribution in [-0.4, -0.2) is 26.7 Å². The number of nitrogens with zero attached hydrogens (tertiary/aromatic N) is 1. The first-order valence-corrected chi connectivity index (χ1v) is 7.24. The molecule has 0 saturated heterocycles. The Morgan fingerprint density at radius 1 is 1.11 bits per heavy atom. The molecular weight excluding hydrogens is 239 g/mol. The number of hydrogen-bond donors (Lipinski definition) is 1. The molecule has 0 unspecified atom stereocenters. The van der Waals surface area contributed by atoms with E-state index in [1.165, 1.54) is 12.1 Å². The van der Waals surface area contributed by atoms with E-state index in [4.69, 9.17) is 0 Å². The van der Waals surface area contributed by atoms with Crippen molar-refractivity contribution in [3.8, 4) is 0 Å². The SMILES string of the molecule is CCNCC(CC)(CC)CN(C)c1ccc(F)cc1. The minimum absolute atomic E-state index is 0.179. The smallest absolute Gasteiger partial charge is 0.123 e. The standard InChI is InChI=1S/C16H27FN2/c1-5-16(6-2,12-18-7-3)13-19(4)15-10-8-14(17)9-11-15/h8-11,18H,5-7,12-13H2,1-4H3. The van der Waals surface area contributed by atoms with Gasteiger partial charge in [0.25, 0.3) is 0 Å². The van der Waals surface area contributed by atoms with E-state index < -0.39 is 0 Å². The molecule has 0 bridgehead atoms. The van der Waals surface area contributed by atoms with E-state index >= 15 is 0 Å². The van der Waals surface area contributed by atoms with Crippen LogP contribution in [0.2, 0.25) is 0 Å². The summed E-state index contributed by atoms with van der Waals surface area (Å²) in [6, 6.07) is 6.74. The summed E-state index contributed by atoms with van der Waals surface area (Å²) < 4.78 is 13.0. The van der Waals surface area contributed by atoms with Crippen molar-refractivity contribution in [2.75, 3.05) is 31.6 Å². The molecule has 0 aliphatic heterocycles. The molecule has 2 nitrogen and oxygen atoms in total. The molecule has 3 heteroatoms. The van der Waals surface area contributed by atoms with Gasteiger partial charge in [-0.25, -0.2) is 4.39 Å². The number of rotatable bonds is 8. The number of hydrogen-bond acceptors (Lipinski definition) is 2. The van der Waals surface area contributed by atoms with Crippen LogP contribution >= 0.6 is 0 Å². The van der Waals surface area contributed by atoms with E-state index in [-0.39, 0.29) is 11.2 Å². The molecule has 0 atom stereocenters. The highest BCUT2D eigenvalue weighted by molar-refractivity contribution is 5.45. The Balaban J connectivity index is 2.75. The van der Waals surface area contributed by atoms with Gasteiger partial charge in [0.15, 0.2) is 0 Å². The third-order valence-electron chi connectivity index (χ3n) is 4.09. The molecule has 0 aromatic heterocycles. The highest BCUT2D eigenvalue weighted by Crippen LogP contribution is 2.28. The zero-order valence-electron chi connectivity index (χ0n) is 12.7. The molecule has 0 aliphatic carbocycles. The molecule has 0 saturated carbocycles. The summed E-state index contributed by atoms with van der Waals surface area (Å²) in [5.41, 5.74) is 1.35. The second-order valence-corrected chi connectivity index (χ2v) is 5.32. The van der Waals surface area contributed by atoms with E-state index in [0.717, 1.165) is 38.2 Å². The lowest BCUT2D eigenvalue weighted by atomic mass is 9.81. The van der Waals surface area contributed by atoms with Gasteiger partial charge in [0.05, 0.1) is 0 Å². The van der Waals surface area contributed by atoms with E-state index in [0.29, 0.717) is 0 Å². The van der Waals surface area contributed by atoms with Crippen molar-refractivity contribution in [2.45, 2.75) is 33.6 Å². The van der Waals surface area contributed by atoms with Gasteiger partial charge in [-0.1, -0.05) is 20.8 Å². The highest BCUT2D eigenvalue weighted by Gasteiger charge is 2.27. The molecule has 1 aromatic rings. The first-order valence-electron chi connectivity index (χ1n) is 7.24. The van der Waals surface area contributed by atoms with Crippen LogP contribution < -0.4 is 10.2 Å². The number of anilines is 1. The van der Waals surface area contributed by atoms with Crippen LogP contribution in [0.1, 0.15) is 33.6 Å². The Bertz CT molecular complexity index is 358. The molecule has 0 heterocycles. The molecule has 108 valence electrons. The van der Waals surface area contributed by atoms with Crippen LogP contribution in [0.15, 0.2) is 24.3 Å². The first-order chi connectivity index (χ1) is 9.06. The monoisotopic (exact) mass is 266 g/mol. The quantitative estimate of drug-likeness (QED) is 0.772.